The molecule has 2 saturated heterocycles. The monoisotopic (exact) mass is 355 g/mol. The zero-order chi connectivity index (χ0) is 17.9. The summed E-state index contributed by atoms with van der Waals surface area (Å²) in [5.41, 5.74) is 8.16. The average molecular weight is 355 g/mol. The maximum atomic E-state index is 5.97. The molecule has 7 nitrogen and oxygen atoms in total. The number of hydrogen-bond acceptors (Lipinski definition) is 7. The van der Waals surface area contributed by atoms with Crippen molar-refractivity contribution in [2.45, 2.75) is 12.3 Å². The van der Waals surface area contributed by atoms with Gasteiger partial charge in [0.15, 0.2) is 0 Å². The highest BCUT2D eigenvalue weighted by molar-refractivity contribution is 5.53. The van der Waals surface area contributed by atoms with Gasteiger partial charge in [-0.2, -0.15) is 4.98 Å². The third kappa shape index (κ3) is 3.53. The largest absolute Gasteiger partial charge is 0.497 e. The SMILES string of the molecule is COc1cccc(N2CCN(c3cc([C@@H]4CCOC4)nc(N)n3)CC2)c1. The molecule has 4 rings (SSSR count). The summed E-state index contributed by atoms with van der Waals surface area (Å²) in [7, 11) is 1.70. The molecule has 2 N–H and O–H groups in total. The molecule has 0 unspecified atom stereocenters. The molecule has 0 saturated carbocycles. The molecule has 3 heterocycles. The van der Waals surface area contributed by atoms with E-state index in [-0.39, 0.29) is 0 Å². The fraction of sp³-hybridized carbons (Fsp3) is 0.474. The van der Waals surface area contributed by atoms with Crippen molar-refractivity contribution in [3.05, 3.63) is 36.0 Å². The smallest absolute Gasteiger partial charge is 0.222 e. The second kappa shape index (κ2) is 7.37. The van der Waals surface area contributed by atoms with Gasteiger partial charge >= 0.3 is 0 Å². The number of benzene rings is 1. The summed E-state index contributed by atoms with van der Waals surface area (Å²) in [5, 5.41) is 0. The molecule has 7 heteroatoms. The van der Waals surface area contributed by atoms with E-state index in [9.17, 15) is 0 Å². The Morgan fingerprint density at radius 3 is 2.65 bits per heavy atom. The minimum absolute atomic E-state index is 0.331. The lowest BCUT2D eigenvalue weighted by Crippen LogP contribution is -2.47. The number of aromatic nitrogens is 2. The van der Waals surface area contributed by atoms with Crippen LogP contribution in [0.1, 0.15) is 18.0 Å². The Morgan fingerprint density at radius 1 is 1.12 bits per heavy atom. The van der Waals surface area contributed by atoms with Crippen LogP contribution in [0.2, 0.25) is 0 Å². The quantitative estimate of drug-likeness (QED) is 0.897. The number of nitrogens with two attached hydrogens (primary N) is 1. The number of methoxy groups -OCH3 is 1. The van der Waals surface area contributed by atoms with Crippen molar-refractivity contribution in [2.75, 3.05) is 62.0 Å². The van der Waals surface area contributed by atoms with Crippen molar-refractivity contribution in [2.24, 2.45) is 0 Å². The van der Waals surface area contributed by atoms with Crippen LogP contribution in [0.3, 0.4) is 0 Å². The Balaban J connectivity index is 1.46. The first-order valence-corrected chi connectivity index (χ1v) is 9.09. The molecule has 0 amide bonds. The molecule has 0 radical (unpaired) electrons. The van der Waals surface area contributed by atoms with Crippen molar-refractivity contribution in [1.82, 2.24) is 9.97 Å². The summed E-state index contributed by atoms with van der Waals surface area (Å²) in [6.07, 6.45) is 1.000. The molecule has 1 atom stereocenters. The summed E-state index contributed by atoms with van der Waals surface area (Å²) in [6, 6.07) is 10.3. The number of ether oxygens (including phenoxy) is 2. The van der Waals surface area contributed by atoms with Crippen LogP contribution >= 0.6 is 0 Å². The van der Waals surface area contributed by atoms with Crippen molar-refractivity contribution < 1.29 is 9.47 Å². The van der Waals surface area contributed by atoms with Gasteiger partial charge in [0.25, 0.3) is 0 Å². The first kappa shape index (κ1) is 16.9. The highest BCUT2D eigenvalue weighted by Crippen LogP contribution is 2.28. The molecule has 2 fully saturated rings. The molecule has 0 bridgehead atoms. The standard InChI is InChI=1S/C19H25N5O2/c1-25-16-4-2-3-15(11-16)23-6-8-24(9-7-23)18-12-17(21-19(20)22-18)14-5-10-26-13-14/h2-4,11-12,14H,5-10,13H2,1H3,(H2,20,21,22)/t14-/m1/s1. The molecule has 2 aliphatic rings. The molecule has 138 valence electrons. The van der Waals surface area contributed by atoms with Gasteiger partial charge in [-0.3, -0.25) is 0 Å². The van der Waals surface area contributed by atoms with E-state index in [0.29, 0.717) is 11.9 Å². The van der Waals surface area contributed by atoms with E-state index in [0.717, 1.165) is 63.1 Å². The van der Waals surface area contributed by atoms with E-state index >= 15 is 0 Å². The summed E-state index contributed by atoms with van der Waals surface area (Å²) >= 11 is 0. The molecule has 0 aliphatic carbocycles. The van der Waals surface area contributed by atoms with Gasteiger partial charge in [0.05, 0.1) is 19.4 Å². The van der Waals surface area contributed by atoms with Crippen LogP contribution < -0.4 is 20.3 Å². The lowest BCUT2D eigenvalue weighted by molar-refractivity contribution is 0.193. The van der Waals surface area contributed by atoms with Crippen LogP contribution in [0.5, 0.6) is 5.75 Å². The summed E-state index contributed by atoms with van der Waals surface area (Å²) in [6.45, 7) is 5.17. The molecule has 1 aromatic carbocycles. The summed E-state index contributed by atoms with van der Waals surface area (Å²) in [4.78, 5) is 13.6. The van der Waals surface area contributed by atoms with E-state index in [1.165, 1.54) is 5.69 Å². The topological polar surface area (TPSA) is 76.7 Å². The second-order valence-electron chi connectivity index (χ2n) is 6.75. The Labute approximate surface area is 153 Å². The average Bonchev–Trinajstić information content (AvgIpc) is 3.23. The van der Waals surface area contributed by atoms with Gasteiger partial charge in [0, 0.05) is 56.5 Å². The molecule has 2 aromatic rings. The lowest BCUT2D eigenvalue weighted by Gasteiger charge is -2.37. The molecule has 0 spiro atoms. The fourth-order valence-electron chi connectivity index (χ4n) is 3.61. The number of hydrogen-bond donors (Lipinski definition) is 1. The van der Waals surface area contributed by atoms with Crippen LogP contribution in [-0.2, 0) is 4.74 Å². The number of nitrogens with zero attached hydrogens (tertiary/aromatic N) is 4. The minimum atomic E-state index is 0.331. The minimum Gasteiger partial charge on any atom is -0.497 e. The van der Waals surface area contributed by atoms with Crippen LogP contribution in [0, 0.1) is 0 Å². The first-order chi connectivity index (χ1) is 12.7. The Morgan fingerprint density at radius 2 is 1.92 bits per heavy atom. The second-order valence-corrected chi connectivity index (χ2v) is 6.75. The number of piperazine rings is 1. The molecule has 1 aromatic heterocycles. The third-order valence-corrected chi connectivity index (χ3v) is 5.12. The van der Waals surface area contributed by atoms with Crippen LogP contribution in [0.4, 0.5) is 17.5 Å². The Kier molecular flexibility index (Phi) is 4.79. The van der Waals surface area contributed by atoms with Gasteiger partial charge in [0.2, 0.25) is 5.95 Å². The van der Waals surface area contributed by atoms with Crippen LogP contribution in [-0.4, -0.2) is 56.5 Å². The highest BCUT2D eigenvalue weighted by atomic mass is 16.5. The molecular weight excluding hydrogens is 330 g/mol. The lowest BCUT2D eigenvalue weighted by atomic mass is 10.0. The zero-order valence-electron chi connectivity index (χ0n) is 15.1. The van der Waals surface area contributed by atoms with Crippen molar-refractivity contribution >= 4 is 17.5 Å². The predicted octanol–water partition coefficient (Wildman–Crippen LogP) is 1.90. The first-order valence-electron chi connectivity index (χ1n) is 9.09. The number of nitrogen functional groups attached to an aromatic ring is 1. The maximum absolute atomic E-state index is 5.97. The van der Waals surface area contributed by atoms with Crippen LogP contribution in [0.25, 0.3) is 0 Å². The van der Waals surface area contributed by atoms with Crippen molar-refractivity contribution in [3.63, 3.8) is 0 Å². The van der Waals surface area contributed by atoms with E-state index in [4.69, 9.17) is 15.2 Å². The van der Waals surface area contributed by atoms with Crippen molar-refractivity contribution in [1.29, 1.82) is 0 Å². The Bertz CT molecular complexity index is 755. The van der Waals surface area contributed by atoms with Crippen LogP contribution in [0.15, 0.2) is 30.3 Å². The van der Waals surface area contributed by atoms with Gasteiger partial charge < -0.3 is 25.0 Å². The fourth-order valence-corrected chi connectivity index (χ4v) is 3.61. The normalized spacial score (nSPS) is 20.4. The van der Waals surface area contributed by atoms with E-state index < -0.39 is 0 Å². The summed E-state index contributed by atoms with van der Waals surface area (Å²) < 4.78 is 10.8. The van der Waals surface area contributed by atoms with E-state index in [1.807, 2.05) is 12.1 Å². The number of anilines is 3. The highest BCUT2D eigenvalue weighted by Gasteiger charge is 2.23. The number of rotatable bonds is 4. The van der Waals surface area contributed by atoms with Gasteiger partial charge in [-0.1, -0.05) is 6.07 Å². The Hall–Kier alpha value is -2.54. The molecular formula is C19H25N5O2. The predicted molar refractivity (Wildman–Crippen MR) is 102 cm³/mol. The summed E-state index contributed by atoms with van der Waals surface area (Å²) in [5.74, 6) is 2.48. The maximum Gasteiger partial charge on any atom is 0.222 e. The van der Waals surface area contributed by atoms with Gasteiger partial charge in [0.1, 0.15) is 11.6 Å². The zero-order valence-corrected chi connectivity index (χ0v) is 15.1. The van der Waals surface area contributed by atoms with Gasteiger partial charge in [-0.15, -0.1) is 0 Å². The van der Waals surface area contributed by atoms with E-state index in [2.05, 4.69) is 38.0 Å². The van der Waals surface area contributed by atoms with Gasteiger partial charge in [-0.05, 0) is 18.6 Å². The van der Waals surface area contributed by atoms with E-state index in [1.54, 1.807) is 7.11 Å². The van der Waals surface area contributed by atoms with Crippen molar-refractivity contribution in [3.8, 4) is 5.75 Å². The molecule has 26 heavy (non-hydrogen) atoms. The van der Waals surface area contributed by atoms with Gasteiger partial charge in [-0.25, -0.2) is 4.98 Å². The molecule has 2 aliphatic heterocycles. The third-order valence-electron chi connectivity index (χ3n) is 5.12.